The number of amides is 1. The van der Waals surface area contributed by atoms with Crippen molar-refractivity contribution in [2.45, 2.75) is 6.54 Å². The van der Waals surface area contributed by atoms with Crippen molar-refractivity contribution in [1.29, 1.82) is 0 Å². The van der Waals surface area contributed by atoms with Crippen LogP contribution < -0.4 is 15.3 Å². The Balaban J connectivity index is 1.52. The molecule has 3 heterocycles. The topological polar surface area (TPSA) is 144 Å². The molecule has 44 heavy (non-hydrogen) atoms. The van der Waals surface area contributed by atoms with Crippen molar-refractivity contribution in [3.8, 4) is 11.4 Å². The number of nitrogens with zero attached hydrogens (tertiary/aromatic N) is 9. The summed E-state index contributed by atoms with van der Waals surface area (Å²) in [5.74, 6) is 1.33. The van der Waals surface area contributed by atoms with Gasteiger partial charge in [-0.05, 0) is 26.0 Å². The number of morpholine rings is 2. The summed E-state index contributed by atoms with van der Waals surface area (Å²) in [5.41, 5.74) is 4.45. The molecule has 14 nitrogen and oxygen atoms in total. The maximum atomic E-state index is 11.7. The van der Waals surface area contributed by atoms with E-state index in [9.17, 15) is 4.79 Å². The maximum Gasteiger partial charge on any atom is 0.277 e. The van der Waals surface area contributed by atoms with Crippen LogP contribution in [0.15, 0.2) is 51.0 Å². The first kappa shape index (κ1) is 32.8. The number of carbonyl (C=O) groups excluding carboxylic acids is 1. The van der Waals surface area contributed by atoms with Gasteiger partial charge in [0.15, 0.2) is 17.5 Å². The van der Waals surface area contributed by atoms with E-state index in [1.807, 2.05) is 23.9 Å². The summed E-state index contributed by atoms with van der Waals surface area (Å²) in [6.45, 7) is 15.7. The van der Waals surface area contributed by atoms with Gasteiger partial charge in [-0.25, -0.2) is 15.4 Å². The molecule has 236 valence electrons. The summed E-state index contributed by atoms with van der Waals surface area (Å²) < 4.78 is 11.1. The Labute approximate surface area is 258 Å². The molecule has 2 aromatic rings. The maximum absolute atomic E-state index is 11.7. The van der Waals surface area contributed by atoms with E-state index in [4.69, 9.17) is 24.6 Å². The van der Waals surface area contributed by atoms with Gasteiger partial charge < -0.3 is 19.3 Å². The summed E-state index contributed by atoms with van der Waals surface area (Å²) in [5, 5.41) is 8.89. The Hall–Kier alpha value is -4.08. The lowest BCUT2D eigenvalue weighted by Gasteiger charge is -2.31. The molecule has 14 heteroatoms. The van der Waals surface area contributed by atoms with E-state index in [-0.39, 0.29) is 5.57 Å². The highest BCUT2D eigenvalue weighted by molar-refractivity contribution is 6.11. The highest BCUT2D eigenvalue weighted by atomic mass is 16.5. The monoisotopic (exact) mass is 606 g/mol. The minimum absolute atomic E-state index is 0.0907. The molecule has 0 atom stereocenters. The number of hydroxylamine groups is 1. The average molecular weight is 607 g/mol. The predicted octanol–water partition coefficient (Wildman–Crippen LogP) is 1.63. The smallest absolute Gasteiger partial charge is 0.277 e. The van der Waals surface area contributed by atoms with Crippen LogP contribution in [0.25, 0.3) is 11.4 Å². The largest absolute Gasteiger partial charge is 0.379 e. The molecule has 0 bridgehead atoms. The minimum Gasteiger partial charge on any atom is -0.379 e. The lowest BCUT2D eigenvalue weighted by Crippen LogP contribution is -2.37. The van der Waals surface area contributed by atoms with E-state index in [2.05, 4.69) is 62.5 Å². The van der Waals surface area contributed by atoms with Crippen LogP contribution in [-0.4, -0.2) is 137 Å². The quantitative estimate of drug-likeness (QED) is 0.141. The number of hydrogen-bond acceptors (Lipinski definition) is 13. The first-order valence-corrected chi connectivity index (χ1v) is 14.5. The molecule has 2 aliphatic rings. The number of aromatic nitrogens is 2. The Morgan fingerprint density at radius 1 is 1.05 bits per heavy atom. The van der Waals surface area contributed by atoms with Gasteiger partial charge in [-0.1, -0.05) is 24.3 Å². The molecule has 1 amide bonds. The van der Waals surface area contributed by atoms with Crippen LogP contribution in [0.5, 0.6) is 0 Å². The second-order valence-electron chi connectivity index (χ2n) is 10.5. The van der Waals surface area contributed by atoms with Crippen LogP contribution in [0.3, 0.4) is 0 Å². The van der Waals surface area contributed by atoms with Gasteiger partial charge in [0.25, 0.3) is 5.91 Å². The third-order valence-corrected chi connectivity index (χ3v) is 7.36. The molecule has 2 fully saturated rings. The van der Waals surface area contributed by atoms with Gasteiger partial charge in [-0.2, -0.15) is 0 Å². The van der Waals surface area contributed by atoms with Crippen LogP contribution in [0.4, 0.5) is 17.3 Å². The molecular weight excluding hydrogens is 564 g/mol. The van der Waals surface area contributed by atoms with Gasteiger partial charge in [0.2, 0.25) is 0 Å². The van der Waals surface area contributed by atoms with E-state index in [0.29, 0.717) is 63.4 Å². The Bertz CT molecular complexity index is 1320. The van der Waals surface area contributed by atoms with Gasteiger partial charge >= 0.3 is 0 Å². The minimum atomic E-state index is -0.713. The van der Waals surface area contributed by atoms with E-state index in [1.165, 1.54) is 18.0 Å². The summed E-state index contributed by atoms with van der Waals surface area (Å²) in [6.07, 6.45) is 2.57. The number of aliphatic imine (C=N–C) groups is 3. The van der Waals surface area contributed by atoms with Crippen LogP contribution in [0, 0.1) is 0 Å². The number of anilines is 2. The molecule has 1 aromatic heterocycles. The highest BCUT2D eigenvalue weighted by Gasteiger charge is 2.24. The zero-order valence-corrected chi connectivity index (χ0v) is 25.6. The highest BCUT2D eigenvalue weighted by Crippen LogP contribution is 2.37. The van der Waals surface area contributed by atoms with Gasteiger partial charge in [-0.15, -0.1) is 0 Å². The lowest BCUT2D eigenvalue weighted by atomic mass is 10.1. The number of likely N-dealkylation sites (N-methyl/N-ethyl adjacent to an activating group) is 2. The summed E-state index contributed by atoms with van der Waals surface area (Å²) in [7, 11) is 3.89. The Morgan fingerprint density at radius 2 is 1.73 bits per heavy atom. The van der Waals surface area contributed by atoms with Crippen molar-refractivity contribution >= 4 is 42.9 Å². The molecule has 0 spiro atoms. The standard InChI is InChI=1S/C30H42N10O4/c1-31-19-25(30(41)36-42)20-33-22-37(3)9-10-38(4)28-26(32-2)29(40-13-17-44-18-14-40)35-27(34-28)24-7-5-23(6-8-24)21-39-11-15-43-16-12-39/h5-8,19-20,42H,1-2,9-18,21-22H2,3-4H3,(H,36,41)/b25-19+,33-20-. The fourth-order valence-electron chi connectivity index (χ4n) is 4.83. The predicted molar refractivity (Wildman–Crippen MR) is 173 cm³/mol. The number of nitrogens with one attached hydrogen (secondary N) is 1. The van der Waals surface area contributed by atoms with E-state index in [0.717, 1.165) is 44.2 Å². The second-order valence-corrected chi connectivity index (χ2v) is 10.5. The molecule has 0 unspecified atom stereocenters. The zero-order valence-electron chi connectivity index (χ0n) is 25.6. The molecule has 1 aromatic carbocycles. The molecule has 2 N–H and O–H groups in total. The van der Waals surface area contributed by atoms with Crippen LogP contribution >= 0.6 is 0 Å². The van der Waals surface area contributed by atoms with Gasteiger partial charge in [0.05, 0.1) is 38.7 Å². The second kappa shape index (κ2) is 16.7. The zero-order chi connectivity index (χ0) is 31.3. The molecule has 0 saturated carbocycles. The number of ether oxygens (including phenoxy) is 2. The fraction of sp³-hybridized carbons (Fsp3) is 0.467. The van der Waals surface area contributed by atoms with Crippen molar-refractivity contribution in [1.82, 2.24) is 25.2 Å². The van der Waals surface area contributed by atoms with Gasteiger partial charge in [0, 0.05) is 70.8 Å². The number of hydrogen-bond donors (Lipinski definition) is 2. The Morgan fingerprint density at radius 3 is 2.36 bits per heavy atom. The van der Waals surface area contributed by atoms with Crippen LogP contribution in [0.1, 0.15) is 5.56 Å². The fourth-order valence-corrected chi connectivity index (χ4v) is 4.83. The summed E-state index contributed by atoms with van der Waals surface area (Å²) in [6, 6.07) is 8.42. The summed E-state index contributed by atoms with van der Waals surface area (Å²) in [4.78, 5) is 42.5. The number of rotatable bonds is 14. The molecule has 0 aliphatic carbocycles. The van der Waals surface area contributed by atoms with E-state index in [1.54, 1.807) is 5.48 Å². The number of carbonyl (C=O) groups is 1. The van der Waals surface area contributed by atoms with Crippen molar-refractivity contribution in [3.05, 3.63) is 41.6 Å². The molecule has 0 radical (unpaired) electrons. The van der Waals surface area contributed by atoms with Crippen LogP contribution in [-0.2, 0) is 20.8 Å². The third kappa shape index (κ3) is 8.97. The SMILES string of the molecule is C=N/C=C(\C=N/CN(C)CCN(C)c1nc(-c2ccc(CN3CCOCC3)cc2)nc(N2CCOCC2)c1N=C)C(=O)NO. The molecule has 2 aliphatic heterocycles. The number of benzene rings is 1. The summed E-state index contributed by atoms with van der Waals surface area (Å²) >= 11 is 0. The Kier molecular flexibility index (Phi) is 12.4. The first-order valence-electron chi connectivity index (χ1n) is 14.5. The molecular formula is C30H42N10O4. The molecule has 2 saturated heterocycles. The van der Waals surface area contributed by atoms with Gasteiger partial charge in [0.1, 0.15) is 5.69 Å². The van der Waals surface area contributed by atoms with Crippen LogP contribution in [0.2, 0.25) is 0 Å². The van der Waals surface area contributed by atoms with E-state index >= 15 is 0 Å². The van der Waals surface area contributed by atoms with Crippen molar-refractivity contribution in [3.63, 3.8) is 0 Å². The molecule has 4 rings (SSSR count). The third-order valence-electron chi connectivity index (χ3n) is 7.36. The van der Waals surface area contributed by atoms with Crippen molar-refractivity contribution in [2.24, 2.45) is 15.0 Å². The average Bonchev–Trinajstić information content (AvgIpc) is 3.07. The van der Waals surface area contributed by atoms with Crippen molar-refractivity contribution in [2.75, 3.05) is 96.3 Å². The van der Waals surface area contributed by atoms with Gasteiger partial charge in [-0.3, -0.25) is 34.8 Å². The first-order chi connectivity index (χ1) is 21.4. The van der Waals surface area contributed by atoms with Crippen molar-refractivity contribution < 1.29 is 19.5 Å². The normalized spacial score (nSPS) is 16.4. The lowest BCUT2D eigenvalue weighted by molar-refractivity contribution is -0.124. The van der Waals surface area contributed by atoms with E-state index < -0.39 is 5.91 Å².